The summed E-state index contributed by atoms with van der Waals surface area (Å²) in [7, 11) is 0. The zero-order chi connectivity index (χ0) is 23.3. The van der Waals surface area contributed by atoms with E-state index in [2.05, 4.69) is 20.4 Å². The second-order valence-corrected chi connectivity index (χ2v) is 8.61. The molecule has 0 radical (unpaired) electrons. The second kappa shape index (κ2) is 9.82. The maximum atomic E-state index is 13.2. The molecule has 0 saturated carbocycles. The van der Waals surface area contributed by atoms with E-state index in [1.54, 1.807) is 18.6 Å². The van der Waals surface area contributed by atoms with Gasteiger partial charge in [0.2, 0.25) is 5.91 Å². The van der Waals surface area contributed by atoms with Crippen LogP contribution >= 0.6 is 0 Å². The standard InChI is InChI=1S/C26H26N6O2/c33-25(30-21-6-7-23-24(17-21)28-12-11-27-23)16-19-8-14-31(15-9-19)26(34)22-5-2-1-4-20(22)18-32-13-3-10-29-32/h1-7,10-13,17,19H,8-9,14-16,18H2,(H,30,33). The van der Waals surface area contributed by atoms with Crippen molar-refractivity contribution in [2.45, 2.75) is 25.8 Å². The van der Waals surface area contributed by atoms with E-state index in [0.29, 0.717) is 31.6 Å². The summed E-state index contributed by atoms with van der Waals surface area (Å²) in [5.41, 5.74) is 3.94. The molecule has 1 aliphatic rings. The Morgan fingerprint density at radius 2 is 1.74 bits per heavy atom. The van der Waals surface area contributed by atoms with E-state index in [9.17, 15) is 9.59 Å². The average molecular weight is 455 g/mol. The highest BCUT2D eigenvalue weighted by atomic mass is 16.2. The topological polar surface area (TPSA) is 93.0 Å². The van der Waals surface area contributed by atoms with Gasteiger partial charge in [0, 0.05) is 55.5 Å². The molecule has 3 heterocycles. The van der Waals surface area contributed by atoms with Gasteiger partial charge in [-0.15, -0.1) is 0 Å². The lowest BCUT2D eigenvalue weighted by molar-refractivity contribution is -0.117. The quantitative estimate of drug-likeness (QED) is 0.479. The van der Waals surface area contributed by atoms with Gasteiger partial charge in [-0.1, -0.05) is 18.2 Å². The fourth-order valence-electron chi connectivity index (χ4n) is 4.46. The summed E-state index contributed by atoms with van der Waals surface area (Å²) in [6, 6.07) is 15.1. The van der Waals surface area contributed by atoms with Gasteiger partial charge < -0.3 is 10.2 Å². The van der Waals surface area contributed by atoms with Crippen molar-refractivity contribution in [1.29, 1.82) is 0 Å². The summed E-state index contributed by atoms with van der Waals surface area (Å²) >= 11 is 0. The van der Waals surface area contributed by atoms with Crippen LogP contribution in [0.2, 0.25) is 0 Å². The fraction of sp³-hybridized carbons (Fsp3) is 0.269. The Balaban J connectivity index is 1.16. The third-order valence-electron chi connectivity index (χ3n) is 6.27. The van der Waals surface area contributed by atoms with Crippen molar-refractivity contribution in [3.05, 3.63) is 84.4 Å². The first-order chi connectivity index (χ1) is 16.7. The first kappa shape index (κ1) is 21.8. The van der Waals surface area contributed by atoms with Crippen molar-refractivity contribution in [3.63, 3.8) is 0 Å². The molecular weight excluding hydrogens is 428 g/mol. The van der Waals surface area contributed by atoms with Gasteiger partial charge in [-0.2, -0.15) is 5.10 Å². The van der Waals surface area contributed by atoms with Crippen molar-refractivity contribution in [3.8, 4) is 0 Å². The summed E-state index contributed by atoms with van der Waals surface area (Å²) in [5.74, 6) is 0.282. The number of rotatable bonds is 6. The number of nitrogens with one attached hydrogen (secondary N) is 1. The van der Waals surface area contributed by atoms with E-state index >= 15 is 0 Å². The first-order valence-corrected chi connectivity index (χ1v) is 11.5. The van der Waals surface area contributed by atoms with Gasteiger partial charge in [-0.3, -0.25) is 24.2 Å². The highest BCUT2D eigenvalue weighted by molar-refractivity contribution is 5.96. The van der Waals surface area contributed by atoms with Gasteiger partial charge >= 0.3 is 0 Å². The smallest absolute Gasteiger partial charge is 0.254 e. The third kappa shape index (κ3) is 4.96. The van der Waals surface area contributed by atoms with E-state index in [0.717, 1.165) is 35.1 Å². The molecule has 2 amide bonds. The maximum Gasteiger partial charge on any atom is 0.254 e. The molecule has 0 aliphatic carbocycles. The molecule has 1 N–H and O–H groups in total. The molecule has 2 aromatic carbocycles. The minimum Gasteiger partial charge on any atom is -0.339 e. The predicted molar refractivity (Wildman–Crippen MR) is 129 cm³/mol. The number of likely N-dealkylation sites (tertiary alicyclic amines) is 1. The molecule has 172 valence electrons. The normalized spacial score (nSPS) is 14.3. The molecule has 0 unspecified atom stereocenters. The van der Waals surface area contributed by atoms with Gasteiger partial charge in [-0.05, 0) is 54.7 Å². The zero-order valence-electron chi connectivity index (χ0n) is 18.8. The van der Waals surface area contributed by atoms with E-state index in [1.165, 1.54) is 0 Å². The number of piperidine rings is 1. The zero-order valence-corrected chi connectivity index (χ0v) is 18.8. The molecule has 8 heteroatoms. The Labute approximate surface area is 197 Å². The monoisotopic (exact) mass is 454 g/mol. The van der Waals surface area contributed by atoms with E-state index in [4.69, 9.17) is 0 Å². The molecule has 5 rings (SSSR count). The van der Waals surface area contributed by atoms with Gasteiger partial charge in [0.05, 0.1) is 17.6 Å². The van der Waals surface area contributed by atoms with Gasteiger partial charge in [0.25, 0.3) is 5.91 Å². The third-order valence-corrected chi connectivity index (χ3v) is 6.27. The van der Waals surface area contributed by atoms with Crippen molar-refractivity contribution in [2.24, 2.45) is 5.92 Å². The molecule has 8 nitrogen and oxygen atoms in total. The van der Waals surface area contributed by atoms with Crippen LogP contribution in [0, 0.1) is 5.92 Å². The Morgan fingerprint density at radius 3 is 2.53 bits per heavy atom. The lowest BCUT2D eigenvalue weighted by Crippen LogP contribution is -2.39. The van der Waals surface area contributed by atoms with Crippen LogP contribution in [0.15, 0.2) is 73.3 Å². The molecule has 0 bridgehead atoms. The number of anilines is 1. The number of carbonyl (C=O) groups is 2. The van der Waals surface area contributed by atoms with Gasteiger partial charge in [-0.25, -0.2) is 0 Å². The van der Waals surface area contributed by atoms with Crippen LogP contribution in [0.25, 0.3) is 11.0 Å². The highest BCUT2D eigenvalue weighted by Crippen LogP contribution is 2.24. The summed E-state index contributed by atoms with van der Waals surface area (Å²) in [6.07, 6.45) is 8.97. The van der Waals surface area contributed by atoms with Crippen LogP contribution < -0.4 is 5.32 Å². The Kier molecular flexibility index (Phi) is 6.29. The van der Waals surface area contributed by atoms with Gasteiger partial charge in [0.1, 0.15) is 0 Å². The first-order valence-electron chi connectivity index (χ1n) is 11.5. The largest absolute Gasteiger partial charge is 0.339 e. The molecule has 1 fully saturated rings. The molecule has 4 aromatic rings. The number of aromatic nitrogens is 4. The number of nitrogens with zero attached hydrogens (tertiary/aromatic N) is 5. The number of benzene rings is 2. The van der Waals surface area contributed by atoms with Crippen LogP contribution in [-0.2, 0) is 11.3 Å². The minimum atomic E-state index is -0.0161. The number of amides is 2. The molecule has 1 saturated heterocycles. The fourth-order valence-corrected chi connectivity index (χ4v) is 4.46. The summed E-state index contributed by atoms with van der Waals surface area (Å²) < 4.78 is 1.82. The SMILES string of the molecule is O=C(CC1CCN(C(=O)c2ccccc2Cn2cccn2)CC1)Nc1ccc2nccnc2c1. The average Bonchev–Trinajstić information content (AvgIpc) is 3.37. The lowest BCUT2D eigenvalue weighted by Gasteiger charge is -2.32. The highest BCUT2D eigenvalue weighted by Gasteiger charge is 2.26. The maximum absolute atomic E-state index is 13.2. The van der Waals surface area contributed by atoms with E-state index in [-0.39, 0.29) is 17.7 Å². The minimum absolute atomic E-state index is 0.0161. The molecule has 2 aromatic heterocycles. The summed E-state index contributed by atoms with van der Waals surface area (Å²) in [6.45, 7) is 1.86. The van der Waals surface area contributed by atoms with Crippen molar-refractivity contribution in [2.75, 3.05) is 18.4 Å². The number of hydrogen-bond acceptors (Lipinski definition) is 5. The number of hydrogen-bond donors (Lipinski definition) is 1. The Hall–Kier alpha value is -4.07. The van der Waals surface area contributed by atoms with Crippen molar-refractivity contribution < 1.29 is 9.59 Å². The predicted octanol–water partition coefficient (Wildman–Crippen LogP) is 3.76. The van der Waals surface area contributed by atoms with Crippen LogP contribution in [0.5, 0.6) is 0 Å². The van der Waals surface area contributed by atoms with E-state index in [1.807, 2.05) is 64.3 Å². The molecular formula is C26H26N6O2. The van der Waals surface area contributed by atoms with Crippen molar-refractivity contribution in [1.82, 2.24) is 24.6 Å². The Bertz CT molecular complexity index is 1300. The van der Waals surface area contributed by atoms with Crippen molar-refractivity contribution >= 4 is 28.5 Å². The van der Waals surface area contributed by atoms with Crippen LogP contribution in [0.1, 0.15) is 35.2 Å². The van der Waals surface area contributed by atoms with Gasteiger partial charge in [0.15, 0.2) is 0 Å². The van der Waals surface area contributed by atoms with Crippen LogP contribution in [0.4, 0.5) is 5.69 Å². The van der Waals surface area contributed by atoms with Crippen LogP contribution in [0.3, 0.4) is 0 Å². The van der Waals surface area contributed by atoms with Crippen LogP contribution in [-0.4, -0.2) is 49.6 Å². The number of fused-ring (bicyclic) bond motifs is 1. The summed E-state index contributed by atoms with van der Waals surface area (Å²) in [5, 5.41) is 7.23. The lowest BCUT2D eigenvalue weighted by atomic mass is 9.92. The molecule has 0 atom stereocenters. The molecule has 0 spiro atoms. The molecule has 34 heavy (non-hydrogen) atoms. The number of carbonyl (C=O) groups excluding carboxylic acids is 2. The van der Waals surface area contributed by atoms with E-state index < -0.39 is 0 Å². The molecule has 1 aliphatic heterocycles. The second-order valence-electron chi connectivity index (χ2n) is 8.61. The summed E-state index contributed by atoms with van der Waals surface area (Å²) in [4.78, 5) is 36.3. The Morgan fingerprint density at radius 1 is 0.941 bits per heavy atom.